The first-order valence-corrected chi connectivity index (χ1v) is 9.29. The van der Waals surface area contributed by atoms with E-state index in [1.54, 1.807) is 23.2 Å². The van der Waals surface area contributed by atoms with E-state index in [0.29, 0.717) is 31.1 Å². The maximum Gasteiger partial charge on any atom is 0.274 e. The molecule has 1 aromatic heterocycles. The lowest BCUT2D eigenvalue weighted by Crippen LogP contribution is -2.31. The maximum atomic E-state index is 12.9. The Morgan fingerprint density at radius 2 is 1.75 bits per heavy atom. The molecule has 1 amide bonds. The number of nitrogens with zero attached hydrogens (tertiary/aromatic N) is 3. The van der Waals surface area contributed by atoms with Gasteiger partial charge in [0.25, 0.3) is 5.91 Å². The predicted molar refractivity (Wildman–Crippen MR) is 107 cm³/mol. The van der Waals surface area contributed by atoms with Gasteiger partial charge in [-0.1, -0.05) is 42.5 Å². The summed E-state index contributed by atoms with van der Waals surface area (Å²) >= 11 is 0. The van der Waals surface area contributed by atoms with Crippen molar-refractivity contribution >= 4 is 11.7 Å². The summed E-state index contributed by atoms with van der Waals surface area (Å²) in [6.45, 7) is 3.71. The zero-order valence-electron chi connectivity index (χ0n) is 15.8. The van der Waals surface area contributed by atoms with Gasteiger partial charge in [-0.3, -0.25) is 4.79 Å². The summed E-state index contributed by atoms with van der Waals surface area (Å²) in [4.78, 5) is 23.0. The van der Waals surface area contributed by atoms with Crippen molar-refractivity contribution in [1.82, 2.24) is 14.9 Å². The zero-order chi connectivity index (χ0) is 19.8. The van der Waals surface area contributed by atoms with Gasteiger partial charge >= 0.3 is 0 Å². The number of amides is 1. The molecule has 1 N–H and O–H groups in total. The second-order valence-electron chi connectivity index (χ2n) is 6.40. The Balaban J connectivity index is 1.55. The van der Waals surface area contributed by atoms with Gasteiger partial charge in [-0.05, 0) is 36.6 Å². The molecule has 0 aliphatic carbocycles. The monoisotopic (exact) mass is 378 g/mol. The summed E-state index contributed by atoms with van der Waals surface area (Å²) in [5, 5.41) is 3.16. The first-order valence-electron chi connectivity index (χ1n) is 9.29. The first-order chi connectivity index (χ1) is 13.7. The third-order valence-electron chi connectivity index (χ3n) is 4.39. The van der Waals surface area contributed by atoms with E-state index in [-0.39, 0.29) is 11.7 Å². The molecule has 0 atom stereocenters. The molecular weight excluding hydrogens is 355 g/mol. The highest BCUT2D eigenvalue weighted by Gasteiger charge is 2.16. The van der Waals surface area contributed by atoms with E-state index in [9.17, 15) is 9.18 Å². The number of hydrogen-bond acceptors (Lipinski definition) is 4. The van der Waals surface area contributed by atoms with Gasteiger partial charge in [0, 0.05) is 19.6 Å². The van der Waals surface area contributed by atoms with Crippen LogP contribution in [-0.4, -0.2) is 33.9 Å². The summed E-state index contributed by atoms with van der Waals surface area (Å²) in [6, 6.07) is 16.3. The fraction of sp³-hybridized carbons (Fsp3) is 0.227. The molecule has 28 heavy (non-hydrogen) atoms. The van der Waals surface area contributed by atoms with E-state index in [1.807, 2.05) is 37.3 Å². The van der Waals surface area contributed by atoms with Crippen molar-refractivity contribution in [1.29, 1.82) is 0 Å². The molecule has 0 spiro atoms. The standard InChI is InChI=1S/C22H23FN4O/c1-2-27(16-18-6-4-3-5-7-18)22(28)20-14-26-21(15-25-20)24-13-12-17-8-10-19(23)11-9-17/h3-11,14-15H,2,12-13,16H2,1H3,(H,24,26). The van der Waals surface area contributed by atoms with Gasteiger partial charge in [0.05, 0.1) is 12.4 Å². The Bertz CT molecular complexity index is 883. The van der Waals surface area contributed by atoms with Crippen LogP contribution in [0, 0.1) is 5.82 Å². The summed E-state index contributed by atoms with van der Waals surface area (Å²) in [5.41, 5.74) is 2.43. The van der Waals surface area contributed by atoms with E-state index in [4.69, 9.17) is 0 Å². The highest BCUT2D eigenvalue weighted by Crippen LogP contribution is 2.10. The molecule has 0 radical (unpaired) electrons. The molecule has 6 heteroatoms. The lowest BCUT2D eigenvalue weighted by molar-refractivity contribution is 0.0746. The summed E-state index contributed by atoms with van der Waals surface area (Å²) < 4.78 is 12.9. The number of anilines is 1. The third-order valence-corrected chi connectivity index (χ3v) is 4.39. The molecular formula is C22H23FN4O. The van der Waals surface area contributed by atoms with Crippen molar-refractivity contribution in [2.75, 3.05) is 18.4 Å². The van der Waals surface area contributed by atoms with Crippen LogP contribution < -0.4 is 5.32 Å². The number of carbonyl (C=O) groups is 1. The minimum atomic E-state index is -0.240. The lowest BCUT2D eigenvalue weighted by Gasteiger charge is -2.20. The molecule has 144 valence electrons. The second kappa shape index (κ2) is 9.60. The normalized spacial score (nSPS) is 10.5. The number of halogens is 1. The highest BCUT2D eigenvalue weighted by molar-refractivity contribution is 5.92. The average molecular weight is 378 g/mol. The van der Waals surface area contributed by atoms with Crippen LogP contribution >= 0.6 is 0 Å². The Morgan fingerprint density at radius 1 is 1.00 bits per heavy atom. The topological polar surface area (TPSA) is 58.1 Å². The van der Waals surface area contributed by atoms with Gasteiger partial charge in [-0.2, -0.15) is 0 Å². The number of nitrogens with one attached hydrogen (secondary N) is 1. The number of hydrogen-bond donors (Lipinski definition) is 1. The Kier molecular flexibility index (Phi) is 6.68. The minimum Gasteiger partial charge on any atom is -0.368 e. The van der Waals surface area contributed by atoms with Gasteiger partial charge in [0.15, 0.2) is 0 Å². The third kappa shape index (κ3) is 5.36. The molecule has 0 fully saturated rings. The zero-order valence-corrected chi connectivity index (χ0v) is 15.8. The van der Waals surface area contributed by atoms with E-state index in [0.717, 1.165) is 17.5 Å². The summed E-state index contributed by atoms with van der Waals surface area (Å²) in [5.74, 6) is 0.220. The largest absolute Gasteiger partial charge is 0.368 e. The fourth-order valence-corrected chi connectivity index (χ4v) is 2.81. The average Bonchev–Trinajstić information content (AvgIpc) is 2.74. The first kappa shape index (κ1) is 19.5. The van der Waals surface area contributed by atoms with Crippen molar-refractivity contribution in [3.63, 3.8) is 0 Å². The van der Waals surface area contributed by atoms with Crippen LogP contribution in [0.25, 0.3) is 0 Å². The molecule has 0 aliphatic rings. The molecule has 2 aromatic carbocycles. The van der Waals surface area contributed by atoms with Gasteiger partial charge in [0.2, 0.25) is 0 Å². The van der Waals surface area contributed by atoms with E-state index in [1.165, 1.54) is 18.3 Å². The molecule has 0 saturated carbocycles. The van der Waals surface area contributed by atoms with Gasteiger partial charge < -0.3 is 10.2 Å². The molecule has 3 aromatic rings. The second-order valence-corrected chi connectivity index (χ2v) is 6.40. The van der Waals surface area contributed by atoms with Crippen LogP contribution in [0.3, 0.4) is 0 Å². The molecule has 5 nitrogen and oxygen atoms in total. The van der Waals surface area contributed by atoms with Crippen molar-refractivity contribution in [2.24, 2.45) is 0 Å². The van der Waals surface area contributed by atoms with Crippen LogP contribution in [0.5, 0.6) is 0 Å². The molecule has 0 aliphatic heterocycles. The SMILES string of the molecule is CCN(Cc1ccccc1)C(=O)c1cnc(NCCc2ccc(F)cc2)cn1. The van der Waals surface area contributed by atoms with Crippen molar-refractivity contribution in [3.8, 4) is 0 Å². The van der Waals surface area contributed by atoms with Gasteiger partial charge in [0.1, 0.15) is 17.3 Å². The number of carbonyl (C=O) groups excluding carboxylic acids is 1. The van der Waals surface area contributed by atoms with Crippen LogP contribution in [0.4, 0.5) is 10.2 Å². The molecule has 0 unspecified atom stereocenters. The van der Waals surface area contributed by atoms with Crippen LogP contribution in [-0.2, 0) is 13.0 Å². The fourth-order valence-electron chi connectivity index (χ4n) is 2.81. The quantitative estimate of drug-likeness (QED) is 0.645. The lowest BCUT2D eigenvalue weighted by atomic mass is 10.1. The van der Waals surface area contributed by atoms with Crippen LogP contribution in [0.1, 0.15) is 28.5 Å². The van der Waals surface area contributed by atoms with Crippen molar-refractivity contribution in [3.05, 3.63) is 89.6 Å². The highest BCUT2D eigenvalue weighted by atomic mass is 19.1. The number of aromatic nitrogens is 2. The van der Waals surface area contributed by atoms with Gasteiger partial charge in [-0.25, -0.2) is 14.4 Å². The van der Waals surface area contributed by atoms with Gasteiger partial charge in [-0.15, -0.1) is 0 Å². The van der Waals surface area contributed by atoms with Crippen LogP contribution in [0.2, 0.25) is 0 Å². The van der Waals surface area contributed by atoms with E-state index >= 15 is 0 Å². The van der Waals surface area contributed by atoms with Crippen molar-refractivity contribution in [2.45, 2.75) is 19.9 Å². The molecule has 0 bridgehead atoms. The van der Waals surface area contributed by atoms with Crippen molar-refractivity contribution < 1.29 is 9.18 Å². The molecule has 1 heterocycles. The van der Waals surface area contributed by atoms with E-state index < -0.39 is 0 Å². The maximum absolute atomic E-state index is 12.9. The molecule has 0 saturated heterocycles. The minimum absolute atomic E-state index is 0.142. The Morgan fingerprint density at radius 3 is 2.39 bits per heavy atom. The smallest absolute Gasteiger partial charge is 0.274 e. The summed E-state index contributed by atoms with van der Waals surface area (Å²) in [7, 11) is 0. The van der Waals surface area contributed by atoms with E-state index in [2.05, 4.69) is 15.3 Å². The molecule has 3 rings (SSSR count). The van der Waals surface area contributed by atoms with Crippen LogP contribution in [0.15, 0.2) is 67.0 Å². The number of benzene rings is 2. The summed E-state index contributed by atoms with van der Waals surface area (Å²) in [6.07, 6.45) is 3.80. The predicted octanol–water partition coefficient (Wildman–Crippen LogP) is 3.93. The Hall–Kier alpha value is -3.28. The Labute approximate surface area is 164 Å². The number of rotatable bonds is 8.